The van der Waals surface area contributed by atoms with Gasteiger partial charge in [0.2, 0.25) is 0 Å². The fourth-order valence-corrected chi connectivity index (χ4v) is 1.34. The monoisotopic (exact) mass is 223 g/mol. The number of benzene rings is 1. The van der Waals surface area contributed by atoms with Gasteiger partial charge in [-0.3, -0.25) is 0 Å². The van der Waals surface area contributed by atoms with Gasteiger partial charge in [0.25, 0.3) is 0 Å². The van der Waals surface area contributed by atoms with Gasteiger partial charge in [-0.15, -0.1) is 12.6 Å². The molecule has 0 heterocycles. The van der Waals surface area contributed by atoms with Gasteiger partial charge in [-0.2, -0.15) is 5.26 Å². The normalized spacial score (nSPS) is 9.40. The molecule has 0 aliphatic rings. The highest BCUT2D eigenvalue weighted by molar-refractivity contribution is 7.80. The fraction of sp³-hybridized carbons (Fsp3) is 0.200. The molecule has 4 nitrogen and oxygen atoms in total. The van der Waals surface area contributed by atoms with Gasteiger partial charge in [0.1, 0.15) is 17.4 Å². The Morgan fingerprint density at radius 3 is 2.87 bits per heavy atom. The van der Waals surface area contributed by atoms with Crippen LogP contribution in [-0.4, -0.2) is 17.7 Å². The maximum Gasteiger partial charge on any atom is 0.343 e. The van der Waals surface area contributed by atoms with Crippen molar-refractivity contribution < 1.29 is 14.6 Å². The van der Waals surface area contributed by atoms with E-state index in [1.54, 1.807) is 13.0 Å². The van der Waals surface area contributed by atoms with Crippen molar-refractivity contribution in [2.75, 3.05) is 6.61 Å². The Kier molecular flexibility index (Phi) is 3.58. The van der Waals surface area contributed by atoms with Crippen LogP contribution >= 0.6 is 12.6 Å². The van der Waals surface area contributed by atoms with Crippen molar-refractivity contribution in [3.8, 4) is 11.8 Å². The van der Waals surface area contributed by atoms with Gasteiger partial charge >= 0.3 is 5.97 Å². The maximum absolute atomic E-state index is 11.4. The van der Waals surface area contributed by atoms with Crippen molar-refractivity contribution >= 4 is 18.6 Å². The van der Waals surface area contributed by atoms with E-state index in [1.807, 2.05) is 0 Å². The molecule has 5 heteroatoms. The molecule has 0 aliphatic heterocycles. The Hall–Kier alpha value is -1.67. The average molecular weight is 223 g/mol. The summed E-state index contributed by atoms with van der Waals surface area (Å²) in [5, 5.41) is 18.3. The molecule has 0 saturated heterocycles. The Labute approximate surface area is 92.5 Å². The number of rotatable bonds is 2. The second-order valence-corrected chi connectivity index (χ2v) is 3.17. The van der Waals surface area contributed by atoms with Crippen LogP contribution in [0.15, 0.2) is 17.0 Å². The number of phenols is 1. The molecule has 0 amide bonds. The van der Waals surface area contributed by atoms with E-state index in [0.29, 0.717) is 4.90 Å². The minimum absolute atomic E-state index is 0.0248. The molecule has 15 heavy (non-hydrogen) atoms. The molecule has 0 aliphatic carbocycles. The molecule has 78 valence electrons. The molecule has 0 atom stereocenters. The summed E-state index contributed by atoms with van der Waals surface area (Å²) in [7, 11) is 0. The summed E-state index contributed by atoms with van der Waals surface area (Å²) < 4.78 is 4.72. The van der Waals surface area contributed by atoms with Crippen LogP contribution in [0.4, 0.5) is 0 Å². The van der Waals surface area contributed by atoms with E-state index < -0.39 is 5.97 Å². The molecule has 0 unspecified atom stereocenters. The Bertz CT molecular complexity index is 437. The number of phenolic OH excluding ortho intramolecular Hbond substituents is 1. The average Bonchev–Trinajstić information content (AvgIpc) is 2.21. The number of thiol groups is 1. The summed E-state index contributed by atoms with van der Waals surface area (Å²) in [4.78, 5) is 11.8. The molecule has 1 aromatic rings. The fourth-order valence-electron chi connectivity index (χ4n) is 1.10. The molecule has 0 fully saturated rings. The van der Waals surface area contributed by atoms with Crippen LogP contribution in [0, 0.1) is 11.3 Å². The summed E-state index contributed by atoms with van der Waals surface area (Å²) in [6.45, 7) is 1.82. The van der Waals surface area contributed by atoms with E-state index in [1.165, 1.54) is 12.1 Å². The van der Waals surface area contributed by atoms with Crippen LogP contribution in [0.25, 0.3) is 0 Å². The second kappa shape index (κ2) is 4.71. The first kappa shape index (κ1) is 11.4. The zero-order valence-corrected chi connectivity index (χ0v) is 8.91. The molecular formula is C10H9NO3S. The summed E-state index contributed by atoms with van der Waals surface area (Å²) in [5.74, 6) is -0.995. The number of esters is 1. The molecule has 0 bridgehead atoms. The predicted molar refractivity (Wildman–Crippen MR) is 56.0 cm³/mol. The summed E-state index contributed by atoms with van der Waals surface area (Å²) in [5.41, 5.74) is -0.108. The van der Waals surface area contributed by atoms with E-state index in [4.69, 9.17) is 10.00 Å². The number of ether oxygens (including phenoxy) is 1. The number of nitriles is 1. The van der Waals surface area contributed by atoms with Crippen LogP contribution in [0.2, 0.25) is 0 Å². The molecule has 1 N–H and O–H groups in total. The molecule has 0 aromatic heterocycles. The molecule has 1 rings (SSSR count). The van der Waals surface area contributed by atoms with E-state index in [-0.39, 0.29) is 23.5 Å². The Morgan fingerprint density at radius 1 is 1.67 bits per heavy atom. The standard InChI is InChI=1S/C10H9NO3S/c1-2-14-10(13)9-6(5-11)8(15)4-3-7(9)12/h3-4,12,15H,2H2,1H3. The number of hydrogen-bond donors (Lipinski definition) is 2. The van der Waals surface area contributed by atoms with Crippen molar-refractivity contribution in [2.45, 2.75) is 11.8 Å². The lowest BCUT2D eigenvalue weighted by molar-refractivity contribution is 0.0522. The number of aromatic hydroxyl groups is 1. The zero-order valence-electron chi connectivity index (χ0n) is 8.02. The predicted octanol–water partition coefficient (Wildman–Crippen LogP) is 1.73. The van der Waals surface area contributed by atoms with Crippen LogP contribution in [0.1, 0.15) is 22.8 Å². The minimum atomic E-state index is -0.720. The highest BCUT2D eigenvalue weighted by Crippen LogP contribution is 2.26. The third kappa shape index (κ3) is 2.22. The summed E-state index contributed by atoms with van der Waals surface area (Å²) in [6, 6.07) is 4.55. The summed E-state index contributed by atoms with van der Waals surface area (Å²) in [6.07, 6.45) is 0. The molecular weight excluding hydrogens is 214 g/mol. The molecule has 0 radical (unpaired) electrons. The maximum atomic E-state index is 11.4. The number of carbonyl (C=O) groups excluding carboxylic acids is 1. The minimum Gasteiger partial charge on any atom is -0.507 e. The first-order valence-electron chi connectivity index (χ1n) is 4.24. The van der Waals surface area contributed by atoms with Crippen LogP contribution in [0.3, 0.4) is 0 Å². The second-order valence-electron chi connectivity index (χ2n) is 2.69. The summed E-state index contributed by atoms with van der Waals surface area (Å²) >= 11 is 4.02. The van der Waals surface area contributed by atoms with Crippen molar-refractivity contribution in [1.82, 2.24) is 0 Å². The lowest BCUT2D eigenvalue weighted by atomic mass is 10.1. The van der Waals surface area contributed by atoms with Crippen LogP contribution < -0.4 is 0 Å². The van der Waals surface area contributed by atoms with Crippen molar-refractivity contribution in [3.05, 3.63) is 23.3 Å². The van der Waals surface area contributed by atoms with Gasteiger partial charge < -0.3 is 9.84 Å². The quantitative estimate of drug-likeness (QED) is 0.591. The SMILES string of the molecule is CCOC(=O)c1c(O)ccc(S)c1C#N. The lowest BCUT2D eigenvalue weighted by Gasteiger charge is -2.07. The van der Waals surface area contributed by atoms with E-state index in [0.717, 1.165) is 0 Å². The van der Waals surface area contributed by atoms with E-state index >= 15 is 0 Å². The van der Waals surface area contributed by atoms with Crippen molar-refractivity contribution in [2.24, 2.45) is 0 Å². The highest BCUT2D eigenvalue weighted by Gasteiger charge is 2.19. The van der Waals surface area contributed by atoms with Gasteiger partial charge in [0.05, 0.1) is 12.2 Å². The number of hydrogen-bond acceptors (Lipinski definition) is 5. The Balaban J connectivity index is 3.33. The first-order valence-corrected chi connectivity index (χ1v) is 4.68. The van der Waals surface area contributed by atoms with Crippen LogP contribution in [-0.2, 0) is 4.74 Å². The molecule has 0 spiro atoms. The first-order chi connectivity index (χ1) is 7.11. The molecule has 1 aromatic carbocycles. The number of nitrogens with zero attached hydrogens (tertiary/aromatic N) is 1. The lowest BCUT2D eigenvalue weighted by Crippen LogP contribution is -2.07. The highest BCUT2D eigenvalue weighted by atomic mass is 32.1. The van der Waals surface area contributed by atoms with Gasteiger partial charge in [0, 0.05) is 4.90 Å². The molecule has 0 saturated carbocycles. The van der Waals surface area contributed by atoms with Gasteiger partial charge in [-0.1, -0.05) is 0 Å². The zero-order chi connectivity index (χ0) is 11.4. The third-order valence-corrected chi connectivity index (χ3v) is 2.13. The third-order valence-electron chi connectivity index (χ3n) is 1.75. The largest absolute Gasteiger partial charge is 0.507 e. The topological polar surface area (TPSA) is 70.3 Å². The van der Waals surface area contributed by atoms with Crippen molar-refractivity contribution in [1.29, 1.82) is 5.26 Å². The van der Waals surface area contributed by atoms with Crippen molar-refractivity contribution in [3.63, 3.8) is 0 Å². The number of carbonyl (C=O) groups is 1. The van der Waals surface area contributed by atoms with Gasteiger partial charge in [0.15, 0.2) is 0 Å². The van der Waals surface area contributed by atoms with Crippen LogP contribution in [0.5, 0.6) is 5.75 Å². The van der Waals surface area contributed by atoms with E-state index in [2.05, 4.69) is 12.6 Å². The van der Waals surface area contributed by atoms with E-state index in [9.17, 15) is 9.90 Å². The smallest absolute Gasteiger partial charge is 0.343 e. The van der Waals surface area contributed by atoms with Gasteiger partial charge in [-0.25, -0.2) is 4.79 Å². The van der Waals surface area contributed by atoms with Gasteiger partial charge in [-0.05, 0) is 19.1 Å². The Morgan fingerprint density at radius 2 is 2.33 bits per heavy atom.